The Kier molecular flexibility index (Phi) is 4.26. The normalized spacial score (nSPS) is 12.8. The third-order valence-corrected chi connectivity index (χ3v) is 4.28. The van der Waals surface area contributed by atoms with E-state index in [-0.39, 0.29) is 10.0 Å². The van der Waals surface area contributed by atoms with Gasteiger partial charge in [-0.25, -0.2) is 13.4 Å². The van der Waals surface area contributed by atoms with Crippen molar-refractivity contribution in [2.75, 3.05) is 0 Å². The maximum Gasteiger partial charge on any atom is 0.264 e. The van der Waals surface area contributed by atoms with E-state index in [9.17, 15) is 8.42 Å². The van der Waals surface area contributed by atoms with E-state index in [1.165, 1.54) is 6.07 Å². The van der Waals surface area contributed by atoms with Crippen molar-refractivity contribution in [3.63, 3.8) is 0 Å². The number of aryl methyl sites for hydroxylation is 1. The summed E-state index contributed by atoms with van der Waals surface area (Å²) in [5.74, 6) is 0. The van der Waals surface area contributed by atoms with Crippen molar-refractivity contribution in [2.24, 2.45) is 0 Å². The Balaban J connectivity index is 2.53. The van der Waals surface area contributed by atoms with Crippen molar-refractivity contribution in [3.8, 4) is 0 Å². The molecule has 114 valence electrons. The quantitative estimate of drug-likeness (QED) is 0.694. The zero-order chi connectivity index (χ0) is 15.8. The molecule has 0 unspecified atom stereocenters. The molecule has 0 atom stereocenters. The van der Waals surface area contributed by atoms with Crippen LogP contribution in [-0.2, 0) is 14.9 Å². The van der Waals surface area contributed by atoms with Crippen molar-refractivity contribution in [1.82, 2.24) is 9.87 Å². The average Bonchev–Trinajstić information content (AvgIpc) is 2.36. The highest BCUT2D eigenvalue weighted by Gasteiger charge is 2.22. The Bertz CT molecular complexity index is 783. The number of aromatic nitrogens is 1. The Hall–Kier alpha value is -1.21. The molecule has 2 rings (SSSR count). The molecule has 0 aliphatic rings. The molecule has 7 heteroatoms. The van der Waals surface area contributed by atoms with Crippen LogP contribution in [0.1, 0.15) is 26.3 Å². The van der Waals surface area contributed by atoms with Gasteiger partial charge in [0, 0.05) is 5.39 Å². The van der Waals surface area contributed by atoms with Gasteiger partial charge >= 0.3 is 0 Å². The first-order valence-corrected chi connectivity index (χ1v) is 8.22. The lowest BCUT2D eigenvalue weighted by atomic mass is 10.2. The van der Waals surface area contributed by atoms with E-state index in [4.69, 9.17) is 16.4 Å². The Labute approximate surface area is 129 Å². The van der Waals surface area contributed by atoms with Gasteiger partial charge in [0.2, 0.25) is 0 Å². The van der Waals surface area contributed by atoms with Crippen molar-refractivity contribution in [2.45, 2.75) is 38.2 Å². The van der Waals surface area contributed by atoms with E-state index in [2.05, 4.69) is 9.87 Å². The molecule has 0 saturated carbocycles. The first kappa shape index (κ1) is 16.2. The minimum atomic E-state index is -3.84. The summed E-state index contributed by atoms with van der Waals surface area (Å²) in [6.45, 7) is 7.06. The summed E-state index contributed by atoms with van der Waals surface area (Å²) in [6.07, 6.45) is 0. The third-order valence-electron chi connectivity index (χ3n) is 2.68. The van der Waals surface area contributed by atoms with E-state index in [1.807, 2.05) is 6.92 Å². The topological polar surface area (TPSA) is 68.3 Å². The zero-order valence-corrected chi connectivity index (χ0v) is 13.8. The molecule has 1 N–H and O–H groups in total. The van der Waals surface area contributed by atoms with Gasteiger partial charge in [-0.05, 0) is 45.4 Å². The number of benzene rings is 1. The maximum absolute atomic E-state index is 12.4. The van der Waals surface area contributed by atoms with Crippen molar-refractivity contribution in [1.29, 1.82) is 0 Å². The highest BCUT2D eigenvalue weighted by molar-refractivity contribution is 7.89. The second-order valence-corrected chi connectivity index (χ2v) is 7.70. The molecule has 0 aliphatic heterocycles. The number of nitrogens with zero attached hydrogens (tertiary/aromatic N) is 1. The second kappa shape index (κ2) is 5.53. The van der Waals surface area contributed by atoms with Crippen LogP contribution < -0.4 is 4.89 Å². The van der Waals surface area contributed by atoms with Crippen LogP contribution in [0.2, 0.25) is 5.15 Å². The van der Waals surface area contributed by atoms with Gasteiger partial charge in [-0.3, -0.25) is 4.84 Å². The molecule has 1 aromatic heterocycles. The van der Waals surface area contributed by atoms with Gasteiger partial charge in [0.05, 0.1) is 11.1 Å². The first-order valence-electron chi connectivity index (χ1n) is 6.36. The van der Waals surface area contributed by atoms with Crippen LogP contribution in [0.5, 0.6) is 0 Å². The fourth-order valence-electron chi connectivity index (χ4n) is 1.70. The SMILES string of the molecule is Cc1cc2cccc(S(=O)(=O)NOC(C)(C)C)c2nc1Cl. The predicted octanol–water partition coefficient (Wildman–Crippen LogP) is 3.21. The fraction of sp³-hybridized carbons (Fsp3) is 0.357. The minimum Gasteiger partial charge on any atom is -0.281 e. The lowest BCUT2D eigenvalue weighted by molar-refractivity contribution is -0.0357. The van der Waals surface area contributed by atoms with Gasteiger partial charge in [-0.2, -0.15) is 0 Å². The minimum absolute atomic E-state index is 0.0335. The van der Waals surface area contributed by atoms with Gasteiger partial charge in [0.25, 0.3) is 10.0 Å². The molecule has 0 amide bonds. The van der Waals surface area contributed by atoms with Gasteiger partial charge in [-0.1, -0.05) is 28.6 Å². The third kappa shape index (κ3) is 3.71. The predicted molar refractivity (Wildman–Crippen MR) is 82.6 cm³/mol. The van der Waals surface area contributed by atoms with Crippen molar-refractivity contribution >= 4 is 32.5 Å². The summed E-state index contributed by atoms with van der Waals surface area (Å²) in [7, 11) is -3.84. The molecular weight excluding hydrogens is 312 g/mol. The number of pyridine rings is 1. The number of hydrogen-bond acceptors (Lipinski definition) is 4. The van der Waals surface area contributed by atoms with Gasteiger partial charge in [-0.15, -0.1) is 0 Å². The average molecular weight is 329 g/mol. The summed E-state index contributed by atoms with van der Waals surface area (Å²) in [5, 5.41) is 0.984. The molecule has 0 aliphatic carbocycles. The van der Waals surface area contributed by atoms with Gasteiger partial charge in [0.15, 0.2) is 0 Å². The van der Waals surface area contributed by atoms with Crippen LogP contribution >= 0.6 is 11.6 Å². The number of nitrogens with one attached hydrogen (secondary N) is 1. The molecule has 1 heterocycles. The maximum atomic E-state index is 12.4. The molecular formula is C14H17ClN2O3S. The molecule has 21 heavy (non-hydrogen) atoms. The lowest BCUT2D eigenvalue weighted by Gasteiger charge is -2.19. The lowest BCUT2D eigenvalue weighted by Crippen LogP contribution is -2.33. The highest BCUT2D eigenvalue weighted by Crippen LogP contribution is 2.25. The van der Waals surface area contributed by atoms with Gasteiger partial charge in [0.1, 0.15) is 10.0 Å². The number of sulfonamides is 1. The Morgan fingerprint density at radius 2 is 1.95 bits per heavy atom. The molecule has 0 bridgehead atoms. The summed E-state index contributed by atoms with van der Waals surface area (Å²) in [6, 6.07) is 6.71. The zero-order valence-electron chi connectivity index (χ0n) is 12.3. The molecule has 0 radical (unpaired) electrons. The van der Waals surface area contributed by atoms with Crippen molar-refractivity contribution < 1.29 is 13.3 Å². The Morgan fingerprint density at radius 3 is 2.57 bits per heavy atom. The van der Waals surface area contributed by atoms with Crippen LogP contribution in [0, 0.1) is 6.92 Å². The van der Waals surface area contributed by atoms with E-state index in [1.54, 1.807) is 39.0 Å². The van der Waals surface area contributed by atoms with Gasteiger partial charge < -0.3 is 0 Å². The number of para-hydroxylation sites is 1. The standard InChI is InChI=1S/C14H17ClN2O3S/c1-9-8-10-6-5-7-11(12(10)16-13(9)15)21(18,19)17-20-14(2,3)4/h5-8,17H,1-4H3. The van der Waals surface area contributed by atoms with Crippen molar-refractivity contribution in [3.05, 3.63) is 35.0 Å². The monoisotopic (exact) mass is 328 g/mol. The largest absolute Gasteiger partial charge is 0.281 e. The smallest absolute Gasteiger partial charge is 0.264 e. The first-order chi connectivity index (χ1) is 9.60. The summed E-state index contributed by atoms with van der Waals surface area (Å²) in [4.78, 5) is 11.5. The number of halogens is 1. The second-order valence-electron chi connectivity index (χ2n) is 5.73. The Morgan fingerprint density at radius 1 is 1.29 bits per heavy atom. The fourth-order valence-corrected chi connectivity index (χ4v) is 2.96. The number of hydrogen-bond donors (Lipinski definition) is 1. The summed E-state index contributed by atoms with van der Waals surface area (Å²) in [5.41, 5.74) is 0.468. The van der Waals surface area contributed by atoms with Crippen LogP contribution in [0.3, 0.4) is 0 Å². The summed E-state index contributed by atoms with van der Waals surface area (Å²) >= 11 is 6.00. The molecule has 2 aromatic rings. The van der Waals surface area contributed by atoms with Crippen LogP contribution in [0.15, 0.2) is 29.2 Å². The molecule has 0 fully saturated rings. The molecule has 1 aromatic carbocycles. The molecule has 0 spiro atoms. The highest BCUT2D eigenvalue weighted by atomic mass is 35.5. The van der Waals surface area contributed by atoms with Crippen LogP contribution in [0.25, 0.3) is 10.9 Å². The molecule has 5 nitrogen and oxygen atoms in total. The van der Waals surface area contributed by atoms with E-state index < -0.39 is 15.6 Å². The molecule has 0 saturated heterocycles. The number of fused-ring (bicyclic) bond motifs is 1. The summed E-state index contributed by atoms with van der Waals surface area (Å²) < 4.78 is 24.7. The van der Waals surface area contributed by atoms with E-state index in [0.717, 1.165) is 5.56 Å². The van der Waals surface area contributed by atoms with Crippen LogP contribution in [0.4, 0.5) is 0 Å². The van der Waals surface area contributed by atoms with Crippen LogP contribution in [-0.4, -0.2) is 19.0 Å². The van der Waals surface area contributed by atoms with E-state index in [0.29, 0.717) is 10.9 Å². The number of rotatable bonds is 3. The van der Waals surface area contributed by atoms with E-state index >= 15 is 0 Å².